The maximum atomic E-state index is 13.0. The number of hydrogen-bond donors (Lipinski definition) is 1. The summed E-state index contributed by atoms with van der Waals surface area (Å²) in [5.74, 6) is -0.628. The van der Waals surface area contributed by atoms with Gasteiger partial charge >= 0.3 is 0 Å². The van der Waals surface area contributed by atoms with Gasteiger partial charge in [-0.15, -0.1) is 0 Å². The van der Waals surface area contributed by atoms with Crippen LogP contribution in [0.15, 0.2) is 42.5 Å². The van der Waals surface area contributed by atoms with Crippen LogP contribution in [-0.4, -0.2) is 4.98 Å². The molecule has 2 aromatic carbocycles. The monoisotopic (exact) mass is 262 g/mol. The molecule has 2 nitrogen and oxygen atoms in total. The molecule has 0 atom stereocenters. The summed E-state index contributed by atoms with van der Waals surface area (Å²) in [5, 5.41) is 3.61. The molecule has 5 heteroatoms. The topological polar surface area (TPSA) is 24.9 Å². The van der Waals surface area contributed by atoms with E-state index in [-0.39, 0.29) is 11.6 Å². The zero-order valence-electron chi connectivity index (χ0n) is 9.15. The predicted octanol–water partition coefficient (Wildman–Crippen LogP) is 4.32. The molecule has 0 saturated heterocycles. The van der Waals surface area contributed by atoms with Crippen molar-refractivity contribution in [3.8, 4) is 0 Å². The van der Waals surface area contributed by atoms with E-state index in [1.165, 1.54) is 35.6 Å². The number of fused-ring (bicyclic) bond motifs is 1. The smallest absolute Gasteiger partial charge is 0.188 e. The summed E-state index contributed by atoms with van der Waals surface area (Å²) in [5.41, 5.74) is 1.22. The van der Waals surface area contributed by atoms with Crippen LogP contribution in [0.3, 0.4) is 0 Å². The van der Waals surface area contributed by atoms with Gasteiger partial charge in [0.2, 0.25) is 0 Å². The van der Waals surface area contributed by atoms with E-state index >= 15 is 0 Å². The summed E-state index contributed by atoms with van der Waals surface area (Å²) in [6.45, 7) is 0. The van der Waals surface area contributed by atoms with Crippen molar-refractivity contribution >= 4 is 32.4 Å². The van der Waals surface area contributed by atoms with E-state index in [2.05, 4.69) is 10.3 Å². The first-order valence-electron chi connectivity index (χ1n) is 5.29. The van der Waals surface area contributed by atoms with Gasteiger partial charge in [0.25, 0.3) is 0 Å². The van der Waals surface area contributed by atoms with Crippen LogP contribution in [0.5, 0.6) is 0 Å². The second-order valence-corrected chi connectivity index (χ2v) is 4.80. The van der Waals surface area contributed by atoms with Gasteiger partial charge in [-0.25, -0.2) is 13.8 Å². The Morgan fingerprint density at radius 1 is 1.00 bits per heavy atom. The van der Waals surface area contributed by atoms with E-state index in [0.29, 0.717) is 16.3 Å². The third-order valence-electron chi connectivity index (χ3n) is 2.43. The average Bonchev–Trinajstić information content (AvgIpc) is 2.70. The first-order valence-corrected chi connectivity index (χ1v) is 6.11. The van der Waals surface area contributed by atoms with Gasteiger partial charge in [0.15, 0.2) is 5.13 Å². The first-order chi connectivity index (χ1) is 8.70. The summed E-state index contributed by atoms with van der Waals surface area (Å²) >= 11 is 1.40. The summed E-state index contributed by atoms with van der Waals surface area (Å²) in [6, 6.07) is 10.6. The van der Waals surface area contributed by atoms with Gasteiger partial charge in [-0.05, 0) is 30.3 Å². The molecule has 0 saturated carbocycles. The highest BCUT2D eigenvalue weighted by Crippen LogP contribution is 2.28. The third-order valence-corrected chi connectivity index (χ3v) is 3.38. The molecule has 0 aliphatic rings. The summed E-state index contributed by atoms with van der Waals surface area (Å²) in [7, 11) is 0. The molecule has 0 amide bonds. The predicted molar refractivity (Wildman–Crippen MR) is 69.3 cm³/mol. The molecule has 1 heterocycles. The SMILES string of the molecule is Fc1cccc(Nc2nc3cc(F)ccc3s2)c1. The van der Waals surface area contributed by atoms with Crippen molar-refractivity contribution in [2.24, 2.45) is 0 Å². The van der Waals surface area contributed by atoms with Crippen LogP contribution in [0.25, 0.3) is 10.2 Å². The van der Waals surface area contributed by atoms with E-state index in [4.69, 9.17) is 0 Å². The van der Waals surface area contributed by atoms with Crippen molar-refractivity contribution < 1.29 is 8.78 Å². The quantitative estimate of drug-likeness (QED) is 0.744. The van der Waals surface area contributed by atoms with Crippen LogP contribution in [0.1, 0.15) is 0 Å². The fourth-order valence-corrected chi connectivity index (χ4v) is 2.51. The van der Waals surface area contributed by atoms with Crippen LogP contribution >= 0.6 is 11.3 Å². The van der Waals surface area contributed by atoms with Crippen LogP contribution < -0.4 is 5.32 Å². The fourth-order valence-electron chi connectivity index (χ4n) is 1.64. The lowest BCUT2D eigenvalue weighted by Gasteiger charge is -2.01. The highest BCUT2D eigenvalue weighted by atomic mass is 32.1. The number of nitrogens with one attached hydrogen (secondary N) is 1. The minimum atomic E-state index is -0.315. The standard InChI is InChI=1S/C13H8F2N2S/c14-8-2-1-3-10(6-8)16-13-17-11-7-9(15)4-5-12(11)18-13/h1-7H,(H,16,17). The molecule has 3 aromatic rings. The van der Waals surface area contributed by atoms with Crippen molar-refractivity contribution in [1.82, 2.24) is 4.98 Å². The highest BCUT2D eigenvalue weighted by molar-refractivity contribution is 7.22. The molecule has 0 spiro atoms. The van der Waals surface area contributed by atoms with E-state index in [0.717, 1.165) is 4.70 Å². The maximum Gasteiger partial charge on any atom is 0.188 e. The molecule has 0 bridgehead atoms. The summed E-state index contributed by atoms with van der Waals surface area (Å²) in [4.78, 5) is 4.24. The largest absolute Gasteiger partial charge is 0.331 e. The van der Waals surface area contributed by atoms with E-state index in [1.54, 1.807) is 18.2 Å². The molecule has 0 radical (unpaired) electrons. The molecule has 18 heavy (non-hydrogen) atoms. The van der Waals surface area contributed by atoms with E-state index < -0.39 is 0 Å². The van der Waals surface area contributed by atoms with Gasteiger partial charge < -0.3 is 5.32 Å². The van der Waals surface area contributed by atoms with Crippen molar-refractivity contribution in [2.75, 3.05) is 5.32 Å². The van der Waals surface area contributed by atoms with Gasteiger partial charge in [0, 0.05) is 11.8 Å². The molecule has 3 rings (SSSR count). The highest BCUT2D eigenvalue weighted by Gasteiger charge is 2.05. The van der Waals surface area contributed by atoms with Gasteiger partial charge in [0.05, 0.1) is 10.2 Å². The summed E-state index contributed by atoms with van der Waals surface area (Å²) in [6.07, 6.45) is 0. The normalized spacial score (nSPS) is 10.8. The van der Waals surface area contributed by atoms with Gasteiger partial charge in [-0.1, -0.05) is 17.4 Å². The van der Waals surface area contributed by atoms with E-state index in [9.17, 15) is 8.78 Å². The Bertz CT molecular complexity index is 709. The van der Waals surface area contributed by atoms with Crippen LogP contribution in [-0.2, 0) is 0 Å². The van der Waals surface area contributed by atoms with Crippen LogP contribution in [0.4, 0.5) is 19.6 Å². The molecular formula is C13H8F2N2S. The zero-order chi connectivity index (χ0) is 12.5. The van der Waals surface area contributed by atoms with E-state index in [1.807, 2.05) is 0 Å². The van der Waals surface area contributed by atoms with Crippen LogP contribution in [0, 0.1) is 11.6 Å². The lowest BCUT2D eigenvalue weighted by Crippen LogP contribution is -1.89. The minimum Gasteiger partial charge on any atom is -0.331 e. The Morgan fingerprint density at radius 2 is 1.83 bits per heavy atom. The number of nitrogens with zero attached hydrogens (tertiary/aromatic N) is 1. The van der Waals surface area contributed by atoms with Gasteiger partial charge in [-0.2, -0.15) is 0 Å². The number of anilines is 2. The van der Waals surface area contributed by atoms with Crippen LogP contribution in [0.2, 0.25) is 0 Å². The lowest BCUT2D eigenvalue weighted by molar-refractivity contribution is 0.628. The molecular weight excluding hydrogens is 254 g/mol. The Hall–Kier alpha value is -2.01. The molecule has 90 valence electrons. The van der Waals surface area contributed by atoms with Crippen molar-refractivity contribution in [2.45, 2.75) is 0 Å². The Morgan fingerprint density at radius 3 is 2.67 bits per heavy atom. The fraction of sp³-hybridized carbons (Fsp3) is 0. The number of hydrogen-bond acceptors (Lipinski definition) is 3. The summed E-state index contributed by atoms with van der Waals surface area (Å²) < 4.78 is 26.9. The lowest BCUT2D eigenvalue weighted by atomic mass is 10.3. The molecule has 0 aliphatic carbocycles. The number of thiazole rings is 1. The molecule has 1 N–H and O–H groups in total. The van der Waals surface area contributed by atoms with Crippen molar-refractivity contribution in [3.63, 3.8) is 0 Å². The second kappa shape index (κ2) is 4.34. The Balaban J connectivity index is 1.95. The second-order valence-electron chi connectivity index (χ2n) is 3.77. The maximum absolute atomic E-state index is 13.0. The molecule has 1 aromatic heterocycles. The number of halogens is 2. The minimum absolute atomic E-state index is 0.313. The van der Waals surface area contributed by atoms with Crippen molar-refractivity contribution in [3.05, 3.63) is 54.1 Å². The first kappa shape index (κ1) is 11.1. The molecule has 0 unspecified atom stereocenters. The third kappa shape index (κ3) is 2.17. The van der Waals surface area contributed by atoms with Gasteiger partial charge in [-0.3, -0.25) is 0 Å². The Kier molecular flexibility index (Phi) is 2.68. The van der Waals surface area contributed by atoms with Gasteiger partial charge in [0.1, 0.15) is 11.6 Å². The molecule has 0 fully saturated rings. The Labute approximate surface area is 106 Å². The number of aromatic nitrogens is 1. The van der Waals surface area contributed by atoms with Crippen molar-refractivity contribution in [1.29, 1.82) is 0 Å². The average molecular weight is 262 g/mol. The number of benzene rings is 2. The number of rotatable bonds is 2. The zero-order valence-corrected chi connectivity index (χ0v) is 9.97. The molecule has 0 aliphatic heterocycles.